The number of anilines is 2. The Labute approximate surface area is 235 Å². The topological polar surface area (TPSA) is 125 Å². The van der Waals surface area contributed by atoms with E-state index in [1.54, 1.807) is 43.6 Å². The van der Waals surface area contributed by atoms with Crippen LogP contribution in [0.4, 0.5) is 20.3 Å². The second-order valence-corrected chi connectivity index (χ2v) is 11.3. The summed E-state index contributed by atoms with van der Waals surface area (Å²) in [6.07, 6.45) is 4.49. The van der Waals surface area contributed by atoms with Crippen molar-refractivity contribution in [2.24, 2.45) is 5.92 Å². The number of nitrogens with zero attached hydrogens (tertiary/aromatic N) is 5. The van der Waals surface area contributed by atoms with E-state index >= 15 is 0 Å². The minimum atomic E-state index is -4.23. The number of hydrogen-bond donors (Lipinski definition) is 1. The molecule has 2 aromatic heterocycles. The van der Waals surface area contributed by atoms with Gasteiger partial charge in [-0.2, -0.15) is 8.42 Å². The molecule has 1 aliphatic heterocycles. The number of nitrogens with one attached hydrogen (secondary N) is 1. The highest BCUT2D eigenvalue weighted by Gasteiger charge is 2.32. The number of pyridine rings is 1. The molecule has 41 heavy (non-hydrogen) atoms. The van der Waals surface area contributed by atoms with Gasteiger partial charge in [-0.3, -0.25) is 9.59 Å². The van der Waals surface area contributed by atoms with Crippen molar-refractivity contribution < 1.29 is 26.8 Å². The Morgan fingerprint density at radius 1 is 1.10 bits per heavy atom. The van der Waals surface area contributed by atoms with Crippen LogP contribution in [0.15, 0.2) is 67.3 Å². The van der Waals surface area contributed by atoms with E-state index in [-0.39, 0.29) is 37.2 Å². The lowest BCUT2D eigenvalue weighted by molar-refractivity contribution is -0.123. The average Bonchev–Trinajstić information content (AvgIpc) is 3.39. The molecular weight excluding hydrogens is 554 g/mol. The van der Waals surface area contributed by atoms with Crippen LogP contribution in [0.5, 0.6) is 0 Å². The summed E-state index contributed by atoms with van der Waals surface area (Å²) < 4.78 is 56.8. The molecule has 1 atom stereocenters. The third-order valence-corrected chi connectivity index (χ3v) is 8.32. The van der Waals surface area contributed by atoms with Crippen molar-refractivity contribution in [3.05, 3.63) is 90.0 Å². The van der Waals surface area contributed by atoms with Crippen LogP contribution in [0.3, 0.4) is 0 Å². The molecular formula is C28H26F2N6O4S. The van der Waals surface area contributed by atoms with Crippen molar-refractivity contribution in [3.63, 3.8) is 0 Å². The molecule has 0 unspecified atom stereocenters. The van der Waals surface area contributed by atoms with E-state index in [1.165, 1.54) is 17.4 Å². The molecule has 0 radical (unpaired) electrons. The quantitative estimate of drug-likeness (QED) is 0.322. The number of benzene rings is 2. The number of fused-ring (bicyclic) bond motifs is 2. The Kier molecular flexibility index (Phi) is 7.88. The van der Waals surface area contributed by atoms with Gasteiger partial charge in [-0.15, -0.1) is 0 Å². The summed E-state index contributed by atoms with van der Waals surface area (Å²) in [5.41, 5.74) is 2.11. The number of aromatic nitrogens is 3. The van der Waals surface area contributed by atoms with Gasteiger partial charge < -0.3 is 4.90 Å². The van der Waals surface area contributed by atoms with Crippen LogP contribution in [-0.2, 0) is 32.6 Å². The largest absolute Gasteiger partial charge is 0.327 e. The molecule has 0 spiro atoms. The highest BCUT2D eigenvalue weighted by Crippen LogP contribution is 2.27. The van der Waals surface area contributed by atoms with E-state index < -0.39 is 39.6 Å². The molecule has 0 saturated heterocycles. The Morgan fingerprint density at radius 3 is 2.66 bits per heavy atom. The van der Waals surface area contributed by atoms with Gasteiger partial charge in [0.2, 0.25) is 11.8 Å². The monoisotopic (exact) mass is 580 g/mol. The molecule has 13 heteroatoms. The first-order valence-electron chi connectivity index (χ1n) is 12.8. The van der Waals surface area contributed by atoms with Crippen molar-refractivity contribution >= 4 is 44.4 Å². The average molecular weight is 581 g/mol. The van der Waals surface area contributed by atoms with E-state index in [9.17, 15) is 26.8 Å². The molecule has 0 fully saturated rings. The molecule has 1 aliphatic rings. The predicted molar refractivity (Wildman–Crippen MR) is 148 cm³/mol. The normalized spacial score (nSPS) is 13.6. The predicted octanol–water partition coefficient (Wildman–Crippen LogP) is 3.33. The number of amides is 2. The van der Waals surface area contributed by atoms with Gasteiger partial charge in [-0.25, -0.2) is 32.8 Å². The first-order valence-corrected chi connectivity index (χ1v) is 14.2. The minimum absolute atomic E-state index is 0.0724. The second kappa shape index (κ2) is 11.5. The summed E-state index contributed by atoms with van der Waals surface area (Å²) in [4.78, 5) is 40.1. The van der Waals surface area contributed by atoms with Crippen LogP contribution < -0.4 is 13.9 Å². The summed E-state index contributed by atoms with van der Waals surface area (Å²) in [6, 6.07) is 11.6. The van der Waals surface area contributed by atoms with Gasteiger partial charge in [0.25, 0.3) is 0 Å². The summed E-state index contributed by atoms with van der Waals surface area (Å²) >= 11 is 0. The van der Waals surface area contributed by atoms with E-state index in [4.69, 9.17) is 0 Å². The SMILES string of the molecule is CN(C(=O)[C@@H](CCC(=O)NS(=O)(=O)N1CCc2cccnc21)Cc1cc(F)cc(F)c1)c1ccc2cncnc2c1. The maximum Gasteiger partial charge on any atom is 0.327 e. The van der Waals surface area contributed by atoms with Gasteiger partial charge in [-0.1, -0.05) is 6.07 Å². The summed E-state index contributed by atoms with van der Waals surface area (Å²) in [6.45, 7) is 0.142. The van der Waals surface area contributed by atoms with Crippen LogP contribution in [0.2, 0.25) is 0 Å². The van der Waals surface area contributed by atoms with Gasteiger partial charge in [0, 0.05) is 55.5 Å². The smallest absolute Gasteiger partial charge is 0.315 e. The van der Waals surface area contributed by atoms with Crippen LogP contribution in [0, 0.1) is 17.6 Å². The van der Waals surface area contributed by atoms with E-state index in [2.05, 4.69) is 19.7 Å². The Hall–Kier alpha value is -4.52. The van der Waals surface area contributed by atoms with Crippen molar-refractivity contribution in [1.82, 2.24) is 19.7 Å². The fourth-order valence-electron chi connectivity index (χ4n) is 4.87. The highest BCUT2D eigenvalue weighted by atomic mass is 32.2. The van der Waals surface area contributed by atoms with E-state index in [0.29, 0.717) is 17.6 Å². The molecule has 212 valence electrons. The summed E-state index contributed by atoms with van der Waals surface area (Å²) in [5.74, 6) is -3.46. The van der Waals surface area contributed by atoms with Crippen molar-refractivity contribution in [1.29, 1.82) is 0 Å². The lowest BCUT2D eigenvalue weighted by Gasteiger charge is -2.24. The fraction of sp³-hybridized carbons (Fsp3) is 0.250. The standard InChI is InChI=1S/C28H26F2N6O4S/c1-35(24-6-4-21-16-31-17-33-25(21)15-24)28(38)20(11-18-12-22(29)14-23(30)13-18)5-7-26(37)34-41(39,40)36-10-8-19-3-2-9-32-27(19)36/h2-4,6,9,12-17,20H,5,7-8,10-11H2,1H3,(H,34,37)/t20-/m0/s1. The molecule has 0 bridgehead atoms. The lowest BCUT2D eigenvalue weighted by atomic mass is 9.93. The third kappa shape index (κ3) is 6.30. The van der Waals surface area contributed by atoms with E-state index in [0.717, 1.165) is 33.5 Å². The third-order valence-electron chi connectivity index (χ3n) is 6.90. The zero-order valence-corrected chi connectivity index (χ0v) is 22.8. The molecule has 5 rings (SSSR count). The molecule has 3 heterocycles. The maximum absolute atomic E-state index is 13.9. The van der Waals surface area contributed by atoms with Gasteiger partial charge in [0.1, 0.15) is 23.8 Å². The zero-order valence-electron chi connectivity index (χ0n) is 22.0. The minimum Gasteiger partial charge on any atom is -0.315 e. The van der Waals surface area contributed by atoms with Crippen molar-refractivity contribution in [3.8, 4) is 0 Å². The highest BCUT2D eigenvalue weighted by molar-refractivity contribution is 7.91. The van der Waals surface area contributed by atoms with Crippen LogP contribution in [-0.4, -0.2) is 48.8 Å². The maximum atomic E-state index is 13.9. The molecule has 0 saturated carbocycles. The number of rotatable bonds is 9. The molecule has 0 aliphatic carbocycles. The summed E-state index contributed by atoms with van der Waals surface area (Å²) in [7, 11) is -2.68. The number of carbonyl (C=O) groups is 2. The van der Waals surface area contributed by atoms with Crippen LogP contribution in [0.25, 0.3) is 10.9 Å². The first-order chi connectivity index (χ1) is 19.6. The van der Waals surface area contributed by atoms with Gasteiger partial charge in [-0.05, 0) is 66.8 Å². The van der Waals surface area contributed by atoms with Crippen LogP contribution in [0.1, 0.15) is 24.0 Å². The number of carbonyl (C=O) groups excluding carboxylic acids is 2. The van der Waals surface area contributed by atoms with Gasteiger partial charge in [0.05, 0.1) is 5.52 Å². The van der Waals surface area contributed by atoms with Crippen molar-refractivity contribution in [2.45, 2.75) is 25.7 Å². The molecule has 10 nitrogen and oxygen atoms in total. The Balaban J connectivity index is 1.33. The zero-order chi connectivity index (χ0) is 29.1. The Morgan fingerprint density at radius 2 is 1.88 bits per heavy atom. The number of halogens is 2. The van der Waals surface area contributed by atoms with Gasteiger partial charge in [0.15, 0.2) is 0 Å². The number of hydrogen-bond acceptors (Lipinski definition) is 7. The lowest BCUT2D eigenvalue weighted by Crippen LogP contribution is -2.43. The molecule has 2 aromatic carbocycles. The fourth-order valence-corrected chi connectivity index (χ4v) is 6.09. The summed E-state index contributed by atoms with van der Waals surface area (Å²) in [5, 5.41) is 0.776. The Bertz CT molecular complexity index is 1720. The second-order valence-electron chi connectivity index (χ2n) is 9.72. The molecule has 1 N–H and O–H groups in total. The van der Waals surface area contributed by atoms with Gasteiger partial charge >= 0.3 is 10.2 Å². The first kappa shape index (κ1) is 28.0. The molecule has 4 aromatic rings. The van der Waals surface area contributed by atoms with Crippen molar-refractivity contribution in [2.75, 3.05) is 22.8 Å². The van der Waals surface area contributed by atoms with Crippen LogP contribution >= 0.6 is 0 Å². The molecule has 2 amide bonds. The van der Waals surface area contributed by atoms with E-state index in [1.807, 2.05) is 0 Å².